The minimum absolute atomic E-state index is 0.243. The molecule has 3 nitrogen and oxygen atoms in total. The molecule has 1 heterocycles. The number of hydrogen-bond acceptors (Lipinski definition) is 2. The minimum atomic E-state index is 0.243. The standard InChI is InChI=1S/C16H23NO2/c1-2-19-13-15-9-6-10-17(12-15)16(18)11-14-7-4-3-5-8-14/h3-5,7-8,15H,2,6,9-13H2,1H3. The lowest BCUT2D eigenvalue weighted by atomic mass is 9.98. The summed E-state index contributed by atoms with van der Waals surface area (Å²) in [5, 5.41) is 0. The van der Waals surface area contributed by atoms with E-state index in [0.29, 0.717) is 12.3 Å². The van der Waals surface area contributed by atoms with Crippen molar-refractivity contribution in [1.29, 1.82) is 0 Å². The van der Waals surface area contributed by atoms with Gasteiger partial charge < -0.3 is 9.64 Å². The van der Waals surface area contributed by atoms with Gasteiger partial charge in [-0.05, 0) is 31.2 Å². The van der Waals surface area contributed by atoms with E-state index in [1.165, 1.54) is 6.42 Å². The number of piperidine rings is 1. The number of likely N-dealkylation sites (tertiary alicyclic amines) is 1. The molecule has 1 atom stereocenters. The van der Waals surface area contributed by atoms with Gasteiger partial charge in [0.15, 0.2) is 0 Å². The third-order valence-electron chi connectivity index (χ3n) is 3.63. The number of nitrogens with zero attached hydrogens (tertiary/aromatic N) is 1. The summed E-state index contributed by atoms with van der Waals surface area (Å²) in [5.74, 6) is 0.751. The summed E-state index contributed by atoms with van der Waals surface area (Å²) in [5.41, 5.74) is 1.10. The number of benzene rings is 1. The van der Waals surface area contributed by atoms with Gasteiger partial charge in [0, 0.05) is 19.7 Å². The van der Waals surface area contributed by atoms with E-state index in [1.54, 1.807) is 0 Å². The summed E-state index contributed by atoms with van der Waals surface area (Å²) in [6, 6.07) is 9.97. The van der Waals surface area contributed by atoms with Crippen LogP contribution in [0, 0.1) is 5.92 Å². The van der Waals surface area contributed by atoms with E-state index in [9.17, 15) is 4.79 Å². The Balaban J connectivity index is 1.85. The van der Waals surface area contributed by atoms with Gasteiger partial charge in [-0.2, -0.15) is 0 Å². The molecule has 1 aliphatic heterocycles. The van der Waals surface area contributed by atoms with Crippen LogP contribution in [-0.2, 0) is 16.0 Å². The first kappa shape index (κ1) is 14.1. The van der Waals surface area contributed by atoms with Gasteiger partial charge in [-0.3, -0.25) is 4.79 Å². The van der Waals surface area contributed by atoms with E-state index >= 15 is 0 Å². The maximum absolute atomic E-state index is 12.3. The Morgan fingerprint density at radius 2 is 2.16 bits per heavy atom. The molecular weight excluding hydrogens is 238 g/mol. The fraction of sp³-hybridized carbons (Fsp3) is 0.562. The SMILES string of the molecule is CCOCC1CCCN(C(=O)Cc2ccccc2)C1. The average Bonchev–Trinajstić information content (AvgIpc) is 2.46. The molecule has 0 bridgehead atoms. The van der Waals surface area contributed by atoms with Crippen molar-refractivity contribution < 1.29 is 9.53 Å². The van der Waals surface area contributed by atoms with Crippen molar-refractivity contribution in [1.82, 2.24) is 4.90 Å². The highest BCUT2D eigenvalue weighted by molar-refractivity contribution is 5.78. The molecule has 0 spiro atoms. The highest BCUT2D eigenvalue weighted by atomic mass is 16.5. The van der Waals surface area contributed by atoms with E-state index in [0.717, 1.165) is 38.3 Å². The number of carbonyl (C=O) groups excluding carboxylic acids is 1. The van der Waals surface area contributed by atoms with E-state index in [4.69, 9.17) is 4.74 Å². The van der Waals surface area contributed by atoms with Crippen molar-refractivity contribution in [3.8, 4) is 0 Å². The van der Waals surface area contributed by atoms with Gasteiger partial charge in [0.25, 0.3) is 0 Å². The number of carbonyl (C=O) groups is 1. The topological polar surface area (TPSA) is 29.5 Å². The molecule has 1 fully saturated rings. The zero-order valence-corrected chi connectivity index (χ0v) is 11.7. The van der Waals surface area contributed by atoms with Gasteiger partial charge in [0.05, 0.1) is 13.0 Å². The summed E-state index contributed by atoms with van der Waals surface area (Å²) in [4.78, 5) is 14.3. The molecule has 1 amide bonds. The van der Waals surface area contributed by atoms with E-state index in [1.807, 2.05) is 42.2 Å². The second-order valence-corrected chi connectivity index (χ2v) is 5.17. The van der Waals surface area contributed by atoms with Gasteiger partial charge in [-0.25, -0.2) is 0 Å². The van der Waals surface area contributed by atoms with Gasteiger partial charge >= 0.3 is 0 Å². The summed E-state index contributed by atoms with van der Waals surface area (Å²) in [7, 11) is 0. The Morgan fingerprint density at radius 3 is 2.89 bits per heavy atom. The van der Waals surface area contributed by atoms with E-state index in [-0.39, 0.29) is 5.91 Å². The van der Waals surface area contributed by atoms with Crippen molar-refractivity contribution in [3.63, 3.8) is 0 Å². The molecule has 0 saturated carbocycles. The zero-order valence-electron chi connectivity index (χ0n) is 11.7. The first-order valence-corrected chi connectivity index (χ1v) is 7.19. The third kappa shape index (κ3) is 4.35. The number of hydrogen-bond donors (Lipinski definition) is 0. The second-order valence-electron chi connectivity index (χ2n) is 5.17. The summed E-state index contributed by atoms with van der Waals surface area (Å²) < 4.78 is 5.48. The lowest BCUT2D eigenvalue weighted by Gasteiger charge is -2.32. The monoisotopic (exact) mass is 261 g/mol. The van der Waals surface area contributed by atoms with Crippen LogP contribution in [0.4, 0.5) is 0 Å². The van der Waals surface area contributed by atoms with Crippen molar-refractivity contribution in [3.05, 3.63) is 35.9 Å². The largest absolute Gasteiger partial charge is 0.381 e. The number of rotatable bonds is 5. The van der Waals surface area contributed by atoms with Crippen molar-refractivity contribution in [2.75, 3.05) is 26.3 Å². The van der Waals surface area contributed by atoms with Crippen LogP contribution >= 0.6 is 0 Å². The minimum Gasteiger partial charge on any atom is -0.381 e. The molecule has 1 unspecified atom stereocenters. The van der Waals surface area contributed by atoms with Crippen LogP contribution in [0.1, 0.15) is 25.3 Å². The predicted molar refractivity (Wildman–Crippen MR) is 75.9 cm³/mol. The smallest absolute Gasteiger partial charge is 0.226 e. The fourth-order valence-electron chi connectivity index (χ4n) is 2.59. The molecule has 2 rings (SSSR count). The summed E-state index contributed by atoms with van der Waals surface area (Å²) >= 11 is 0. The number of ether oxygens (including phenoxy) is 1. The molecule has 0 N–H and O–H groups in total. The lowest BCUT2D eigenvalue weighted by molar-refractivity contribution is -0.132. The first-order valence-electron chi connectivity index (χ1n) is 7.19. The molecule has 1 aliphatic rings. The van der Waals surface area contributed by atoms with Crippen LogP contribution in [-0.4, -0.2) is 37.1 Å². The van der Waals surface area contributed by atoms with Gasteiger partial charge in [0.2, 0.25) is 5.91 Å². The van der Waals surface area contributed by atoms with Crippen molar-refractivity contribution >= 4 is 5.91 Å². The Kier molecular flexibility index (Phi) is 5.40. The van der Waals surface area contributed by atoms with Crippen LogP contribution in [0.25, 0.3) is 0 Å². The second kappa shape index (κ2) is 7.29. The first-order chi connectivity index (χ1) is 9.29. The Labute approximate surface area is 115 Å². The molecule has 3 heteroatoms. The van der Waals surface area contributed by atoms with Crippen molar-refractivity contribution in [2.45, 2.75) is 26.2 Å². The van der Waals surface area contributed by atoms with Crippen molar-refractivity contribution in [2.24, 2.45) is 5.92 Å². The maximum Gasteiger partial charge on any atom is 0.226 e. The van der Waals surface area contributed by atoms with E-state index in [2.05, 4.69) is 0 Å². The predicted octanol–water partition coefficient (Wildman–Crippen LogP) is 2.50. The van der Waals surface area contributed by atoms with Crippen LogP contribution in [0.5, 0.6) is 0 Å². The Morgan fingerprint density at radius 1 is 1.37 bits per heavy atom. The Hall–Kier alpha value is -1.35. The Bertz CT molecular complexity index is 391. The lowest BCUT2D eigenvalue weighted by Crippen LogP contribution is -2.41. The quantitative estimate of drug-likeness (QED) is 0.815. The molecule has 0 radical (unpaired) electrons. The molecular formula is C16H23NO2. The van der Waals surface area contributed by atoms with Crippen LogP contribution < -0.4 is 0 Å². The summed E-state index contributed by atoms with van der Waals surface area (Å²) in [6.45, 7) is 5.31. The molecule has 1 aromatic carbocycles. The highest BCUT2D eigenvalue weighted by Crippen LogP contribution is 2.17. The van der Waals surface area contributed by atoms with Crippen LogP contribution in [0.3, 0.4) is 0 Å². The van der Waals surface area contributed by atoms with E-state index < -0.39 is 0 Å². The van der Waals surface area contributed by atoms with Gasteiger partial charge in [0.1, 0.15) is 0 Å². The van der Waals surface area contributed by atoms with Gasteiger partial charge in [-0.1, -0.05) is 30.3 Å². The molecule has 1 aromatic rings. The molecule has 0 aromatic heterocycles. The van der Waals surface area contributed by atoms with Crippen LogP contribution in [0.15, 0.2) is 30.3 Å². The molecule has 104 valence electrons. The molecule has 0 aliphatic carbocycles. The fourth-order valence-corrected chi connectivity index (χ4v) is 2.59. The zero-order chi connectivity index (χ0) is 13.5. The molecule has 1 saturated heterocycles. The van der Waals surface area contributed by atoms with Crippen LogP contribution in [0.2, 0.25) is 0 Å². The molecule has 19 heavy (non-hydrogen) atoms. The van der Waals surface area contributed by atoms with Gasteiger partial charge in [-0.15, -0.1) is 0 Å². The number of amides is 1. The average molecular weight is 261 g/mol. The normalized spacial score (nSPS) is 19.4. The maximum atomic E-state index is 12.3. The summed E-state index contributed by atoms with van der Waals surface area (Å²) in [6.07, 6.45) is 2.79. The highest BCUT2D eigenvalue weighted by Gasteiger charge is 2.23. The third-order valence-corrected chi connectivity index (χ3v) is 3.63.